The minimum atomic E-state index is -0.261. The summed E-state index contributed by atoms with van der Waals surface area (Å²) in [6.45, 7) is 2.81. The van der Waals surface area contributed by atoms with E-state index in [1.165, 1.54) is 23.9 Å². The minimum absolute atomic E-state index is 0.143. The molecule has 1 aromatic heterocycles. The van der Waals surface area contributed by atoms with Crippen molar-refractivity contribution in [3.8, 4) is 0 Å². The van der Waals surface area contributed by atoms with Gasteiger partial charge in [-0.1, -0.05) is 0 Å². The van der Waals surface area contributed by atoms with Crippen LogP contribution < -0.4 is 0 Å². The molecule has 0 aliphatic rings. The Labute approximate surface area is 115 Å². The second-order valence-electron chi connectivity index (χ2n) is 4.16. The van der Waals surface area contributed by atoms with Crippen LogP contribution in [0.5, 0.6) is 0 Å². The SMILES string of the molecule is CCn1cc(CC(=O)CSc2ccc(F)cc2)cn1. The molecular formula is C14H15FN2OS. The molecule has 0 bridgehead atoms. The van der Waals surface area contributed by atoms with E-state index in [0.717, 1.165) is 17.0 Å². The van der Waals surface area contributed by atoms with Crippen molar-refractivity contribution in [1.82, 2.24) is 9.78 Å². The molecule has 0 saturated carbocycles. The highest BCUT2D eigenvalue weighted by Gasteiger charge is 2.07. The van der Waals surface area contributed by atoms with Crippen molar-refractivity contribution < 1.29 is 9.18 Å². The van der Waals surface area contributed by atoms with Crippen LogP contribution in [-0.2, 0) is 17.8 Å². The van der Waals surface area contributed by atoms with Gasteiger partial charge >= 0.3 is 0 Å². The van der Waals surface area contributed by atoms with E-state index in [-0.39, 0.29) is 11.6 Å². The summed E-state index contributed by atoms with van der Waals surface area (Å²) in [6.07, 6.45) is 4.01. The zero-order chi connectivity index (χ0) is 13.7. The molecule has 100 valence electrons. The Morgan fingerprint density at radius 3 is 2.74 bits per heavy atom. The van der Waals surface area contributed by atoms with Gasteiger partial charge in [-0.2, -0.15) is 5.10 Å². The molecule has 0 atom stereocenters. The van der Waals surface area contributed by atoms with Gasteiger partial charge < -0.3 is 0 Å². The number of aromatic nitrogens is 2. The van der Waals surface area contributed by atoms with Gasteiger partial charge in [-0.25, -0.2) is 4.39 Å². The predicted molar refractivity (Wildman–Crippen MR) is 73.7 cm³/mol. The highest BCUT2D eigenvalue weighted by molar-refractivity contribution is 8.00. The number of hydrogen-bond donors (Lipinski definition) is 0. The van der Waals surface area contributed by atoms with Crippen molar-refractivity contribution >= 4 is 17.5 Å². The Morgan fingerprint density at radius 1 is 1.37 bits per heavy atom. The topological polar surface area (TPSA) is 34.9 Å². The molecule has 0 N–H and O–H groups in total. The van der Waals surface area contributed by atoms with Gasteiger partial charge in [-0.15, -0.1) is 11.8 Å². The summed E-state index contributed by atoms with van der Waals surface area (Å²) in [5, 5.41) is 4.13. The second-order valence-corrected chi connectivity index (χ2v) is 5.21. The van der Waals surface area contributed by atoms with E-state index in [4.69, 9.17) is 0 Å². The number of ketones is 1. The fourth-order valence-electron chi connectivity index (χ4n) is 1.64. The molecule has 1 heterocycles. The summed E-state index contributed by atoms with van der Waals surface area (Å²) in [5.74, 6) is 0.274. The first kappa shape index (κ1) is 13.8. The maximum Gasteiger partial charge on any atom is 0.147 e. The molecule has 1 aromatic carbocycles. The largest absolute Gasteiger partial charge is 0.298 e. The molecule has 0 unspecified atom stereocenters. The lowest BCUT2D eigenvalue weighted by Crippen LogP contribution is -2.05. The first-order chi connectivity index (χ1) is 9.17. The summed E-state index contributed by atoms with van der Waals surface area (Å²) in [6, 6.07) is 6.17. The van der Waals surface area contributed by atoms with Crippen LogP contribution in [0.25, 0.3) is 0 Å². The number of Topliss-reactive ketones (excluding diaryl/α,β-unsaturated/α-hetero) is 1. The highest BCUT2D eigenvalue weighted by Crippen LogP contribution is 2.18. The van der Waals surface area contributed by atoms with Crippen LogP contribution >= 0.6 is 11.8 Å². The van der Waals surface area contributed by atoms with Crippen molar-refractivity contribution in [3.63, 3.8) is 0 Å². The van der Waals surface area contributed by atoms with Gasteiger partial charge in [0.25, 0.3) is 0 Å². The number of thioether (sulfide) groups is 1. The molecule has 5 heteroatoms. The monoisotopic (exact) mass is 278 g/mol. The highest BCUT2D eigenvalue weighted by atomic mass is 32.2. The molecule has 0 amide bonds. The quantitative estimate of drug-likeness (QED) is 0.762. The fourth-order valence-corrected chi connectivity index (χ4v) is 2.40. The summed E-state index contributed by atoms with van der Waals surface area (Å²) < 4.78 is 14.5. The molecule has 0 saturated heterocycles. The Hall–Kier alpha value is -1.62. The van der Waals surface area contributed by atoms with E-state index in [9.17, 15) is 9.18 Å². The number of benzene rings is 1. The lowest BCUT2D eigenvalue weighted by Gasteiger charge is -2.00. The van der Waals surface area contributed by atoms with E-state index in [1.54, 1.807) is 23.0 Å². The smallest absolute Gasteiger partial charge is 0.147 e. The molecule has 0 aliphatic carbocycles. The number of aryl methyl sites for hydroxylation is 1. The second kappa shape index (κ2) is 6.52. The Bertz CT molecular complexity index is 551. The van der Waals surface area contributed by atoms with Crippen LogP contribution in [0.15, 0.2) is 41.6 Å². The van der Waals surface area contributed by atoms with E-state index in [0.29, 0.717) is 12.2 Å². The Balaban J connectivity index is 1.82. The van der Waals surface area contributed by atoms with Gasteiger partial charge in [-0.3, -0.25) is 9.48 Å². The lowest BCUT2D eigenvalue weighted by atomic mass is 10.2. The van der Waals surface area contributed by atoms with Gasteiger partial charge in [0.1, 0.15) is 11.6 Å². The van der Waals surface area contributed by atoms with Crippen molar-refractivity contribution in [2.75, 3.05) is 5.75 Å². The number of rotatable bonds is 6. The van der Waals surface area contributed by atoms with E-state index < -0.39 is 0 Å². The normalized spacial score (nSPS) is 10.6. The van der Waals surface area contributed by atoms with Gasteiger partial charge in [0, 0.05) is 24.1 Å². The molecule has 3 nitrogen and oxygen atoms in total. The van der Waals surface area contributed by atoms with Crippen LogP contribution in [0.4, 0.5) is 4.39 Å². The van der Waals surface area contributed by atoms with Crippen molar-refractivity contribution in [3.05, 3.63) is 48.0 Å². The summed E-state index contributed by atoms with van der Waals surface area (Å²) in [7, 11) is 0. The molecule has 19 heavy (non-hydrogen) atoms. The average Bonchev–Trinajstić information content (AvgIpc) is 2.86. The molecule has 0 spiro atoms. The molecule has 0 radical (unpaired) electrons. The molecule has 2 aromatic rings. The van der Waals surface area contributed by atoms with Crippen LogP contribution in [-0.4, -0.2) is 21.3 Å². The van der Waals surface area contributed by atoms with Crippen molar-refractivity contribution in [2.45, 2.75) is 24.8 Å². The third-order valence-electron chi connectivity index (χ3n) is 2.63. The standard InChI is InChI=1S/C14H15FN2OS/c1-2-17-9-11(8-16-17)7-13(18)10-19-14-5-3-12(15)4-6-14/h3-6,8-9H,2,7,10H2,1H3. The Morgan fingerprint density at radius 2 is 2.11 bits per heavy atom. The number of carbonyl (C=O) groups is 1. The fraction of sp³-hybridized carbons (Fsp3) is 0.286. The van der Waals surface area contributed by atoms with Gasteiger partial charge in [0.2, 0.25) is 0 Å². The first-order valence-corrected chi connectivity index (χ1v) is 7.07. The van der Waals surface area contributed by atoms with E-state index in [1.807, 2.05) is 13.1 Å². The summed E-state index contributed by atoms with van der Waals surface area (Å²) in [4.78, 5) is 12.7. The molecule has 0 aliphatic heterocycles. The van der Waals surface area contributed by atoms with Crippen LogP contribution in [0.1, 0.15) is 12.5 Å². The maximum absolute atomic E-state index is 12.7. The van der Waals surface area contributed by atoms with Crippen molar-refractivity contribution in [1.29, 1.82) is 0 Å². The summed E-state index contributed by atoms with van der Waals surface area (Å²) >= 11 is 1.43. The number of hydrogen-bond acceptors (Lipinski definition) is 3. The molecule has 0 fully saturated rings. The van der Waals surface area contributed by atoms with Gasteiger partial charge in [0.05, 0.1) is 11.9 Å². The summed E-state index contributed by atoms with van der Waals surface area (Å²) in [5.41, 5.74) is 0.937. The Kier molecular flexibility index (Phi) is 4.74. The molecule has 2 rings (SSSR count). The van der Waals surface area contributed by atoms with E-state index >= 15 is 0 Å². The maximum atomic E-state index is 12.7. The minimum Gasteiger partial charge on any atom is -0.298 e. The first-order valence-electron chi connectivity index (χ1n) is 6.09. The number of carbonyl (C=O) groups excluding carboxylic acids is 1. The van der Waals surface area contributed by atoms with Gasteiger partial charge in [-0.05, 0) is 36.8 Å². The number of halogens is 1. The van der Waals surface area contributed by atoms with Crippen LogP contribution in [0, 0.1) is 5.82 Å². The third-order valence-corrected chi connectivity index (χ3v) is 3.70. The molecular weight excluding hydrogens is 263 g/mol. The van der Waals surface area contributed by atoms with Crippen molar-refractivity contribution in [2.24, 2.45) is 0 Å². The van der Waals surface area contributed by atoms with Crippen LogP contribution in [0.2, 0.25) is 0 Å². The number of nitrogens with zero attached hydrogens (tertiary/aromatic N) is 2. The zero-order valence-electron chi connectivity index (χ0n) is 10.7. The van der Waals surface area contributed by atoms with Crippen LogP contribution in [0.3, 0.4) is 0 Å². The third kappa shape index (κ3) is 4.21. The van der Waals surface area contributed by atoms with Gasteiger partial charge in [0.15, 0.2) is 0 Å². The lowest BCUT2D eigenvalue weighted by molar-refractivity contribution is -0.116. The average molecular weight is 278 g/mol. The zero-order valence-corrected chi connectivity index (χ0v) is 11.5. The predicted octanol–water partition coefficient (Wildman–Crippen LogP) is 2.95. The van der Waals surface area contributed by atoms with E-state index in [2.05, 4.69) is 5.10 Å².